The maximum Gasteiger partial charge on any atom is 0.222 e. The first kappa shape index (κ1) is 11.9. The number of likely N-dealkylation sites (N-methyl/N-ethyl adjacent to an activating group) is 1. The van der Waals surface area contributed by atoms with Gasteiger partial charge in [0, 0.05) is 42.9 Å². The molecule has 1 atom stereocenters. The zero-order valence-electron chi connectivity index (χ0n) is 9.20. The van der Waals surface area contributed by atoms with Gasteiger partial charge in [-0.15, -0.1) is 11.3 Å². The van der Waals surface area contributed by atoms with Crippen molar-refractivity contribution >= 4 is 28.8 Å². The monoisotopic (exact) mass is 258 g/mol. The van der Waals surface area contributed by atoms with Crippen molar-refractivity contribution in [3.63, 3.8) is 0 Å². The molecule has 2 rings (SSSR count). The Labute approximate surface area is 104 Å². The highest BCUT2D eigenvalue weighted by molar-refractivity contribution is 7.10. The highest BCUT2D eigenvalue weighted by Crippen LogP contribution is 2.19. The van der Waals surface area contributed by atoms with Gasteiger partial charge >= 0.3 is 0 Å². The van der Waals surface area contributed by atoms with Crippen molar-refractivity contribution in [3.05, 3.63) is 21.3 Å². The Hall–Kier alpha value is -0.580. The Morgan fingerprint density at radius 1 is 1.69 bits per heavy atom. The number of rotatable bonds is 3. The third-order valence-electron chi connectivity index (χ3n) is 2.81. The molecule has 1 N–H and O–H groups in total. The molecule has 0 aliphatic carbocycles. The number of piperidine rings is 1. The molecule has 1 aromatic rings. The number of halogens is 1. The molecule has 1 fully saturated rings. The molecule has 1 aliphatic rings. The Kier molecular flexibility index (Phi) is 3.84. The quantitative estimate of drug-likeness (QED) is 0.901. The van der Waals surface area contributed by atoms with Gasteiger partial charge in [0.05, 0.1) is 5.02 Å². The van der Waals surface area contributed by atoms with Gasteiger partial charge in [-0.05, 0) is 12.5 Å². The lowest BCUT2D eigenvalue weighted by atomic mass is 10.1. The summed E-state index contributed by atoms with van der Waals surface area (Å²) in [4.78, 5) is 14.3. The van der Waals surface area contributed by atoms with E-state index in [1.165, 1.54) is 4.88 Å². The summed E-state index contributed by atoms with van der Waals surface area (Å²) in [6.45, 7) is 1.64. The van der Waals surface area contributed by atoms with Crippen molar-refractivity contribution in [1.29, 1.82) is 0 Å². The number of carbonyl (C=O) groups is 1. The smallest absolute Gasteiger partial charge is 0.222 e. The summed E-state index contributed by atoms with van der Waals surface area (Å²) >= 11 is 7.52. The second-order valence-corrected chi connectivity index (χ2v) is 5.55. The Morgan fingerprint density at radius 3 is 3.12 bits per heavy atom. The molecule has 1 aliphatic heterocycles. The SMILES string of the molecule is CN1CC(NCc2cc(Cl)cs2)CCC1=O. The van der Waals surface area contributed by atoms with E-state index in [9.17, 15) is 4.79 Å². The second-order valence-electron chi connectivity index (χ2n) is 4.12. The standard InChI is InChI=1S/C11H15ClN2OS/c1-14-6-9(2-3-11(14)15)13-5-10-4-8(12)7-16-10/h4,7,9,13H,2-3,5-6H2,1H3. The predicted octanol–water partition coefficient (Wildman–Crippen LogP) is 2.11. The fourth-order valence-electron chi connectivity index (χ4n) is 1.87. The predicted molar refractivity (Wildman–Crippen MR) is 66.8 cm³/mol. The summed E-state index contributed by atoms with van der Waals surface area (Å²) in [5, 5.41) is 6.20. The van der Waals surface area contributed by atoms with E-state index in [-0.39, 0.29) is 5.91 Å². The molecule has 1 saturated heterocycles. The van der Waals surface area contributed by atoms with Crippen LogP contribution in [0.5, 0.6) is 0 Å². The molecule has 0 spiro atoms. The number of thiophene rings is 1. The normalized spacial score (nSPS) is 21.5. The van der Waals surface area contributed by atoms with Crippen LogP contribution < -0.4 is 5.32 Å². The van der Waals surface area contributed by atoms with Gasteiger partial charge in [0.25, 0.3) is 0 Å². The van der Waals surface area contributed by atoms with Crippen molar-refractivity contribution in [2.75, 3.05) is 13.6 Å². The van der Waals surface area contributed by atoms with E-state index in [1.807, 2.05) is 18.5 Å². The summed E-state index contributed by atoms with van der Waals surface area (Å²) in [5.41, 5.74) is 0. The lowest BCUT2D eigenvalue weighted by Crippen LogP contribution is -2.46. The van der Waals surface area contributed by atoms with Gasteiger partial charge in [-0.2, -0.15) is 0 Å². The van der Waals surface area contributed by atoms with E-state index >= 15 is 0 Å². The highest BCUT2D eigenvalue weighted by atomic mass is 35.5. The average Bonchev–Trinajstić information content (AvgIpc) is 2.66. The topological polar surface area (TPSA) is 32.3 Å². The van der Waals surface area contributed by atoms with Crippen LogP contribution in [0.4, 0.5) is 0 Å². The molecule has 0 saturated carbocycles. The molecule has 5 heteroatoms. The third kappa shape index (κ3) is 2.97. The molecule has 1 aromatic heterocycles. The van der Waals surface area contributed by atoms with E-state index in [4.69, 9.17) is 11.6 Å². The molecular formula is C11H15ClN2OS. The maximum atomic E-state index is 11.3. The first-order valence-electron chi connectivity index (χ1n) is 5.35. The number of nitrogens with zero attached hydrogens (tertiary/aromatic N) is 1. The first-order valence-corrected chi connectivity index (χ1v) is 6.61. The summed E-state index contributed by atoms with van der Waals surface area (Å²) in [6, 6.07) is 2.39. The van der Waals surface area contributed by atoms with Crippen molar-refractivity contribution in [3.8, 4) is 0 Å². The van der Waals surface area contributed by atoms with Gasteiger partial charge in [-0.25, -0.2) is 0 Å². The van der Waals surface area contributed by atoms with E-state index in [0.717, 1.165) is 24.5 Å². The molecule has 3 nitrogen and oxygen atoms in total. The fraction of sp³-hybridized carbons (Fsp3) is 0.545. The number of hydrogen-bond donors (Lipinski definition) is 1. The van der Waals surface area contributed by atoms with Gasteiger partial charge in [-0.3, -0.25) is 4.79 Å². The maximum absolute atomic E-state index is 11.3. The number of likely N-dealkylation sites (tertiary alicyclic amines) is 1. The molecule has 1 amide bonds. The molecule has 0 radical (unpaired) electrons. The van der Waals surface area contributed by atoms with Gasteiger partial charge in [-0.1, -0.05) is 11.6 Å². The molecule has 88 valence electrons. The Bertz CT molecular complexity index is 380. The minimum Gasteiger partial charge on any atom is -0.344 e. The first-order chi connectivity index (χ1) is 7.65. The zero-order valence-corrected chi connectivity index (χ0v) is 10.8. The van der Waals surface area contributed by atoms with Crippen LogP contribution >= 0.6 is 22.9 Å². The molecule has 0 aromatic carbocycles. The average molecular weight is 259 g/mol. The van der Waals surface area contributed by atoms with Crippen LogP contribution in [-0.2, 0) is 11.3 Å². The Morgan fingerprint density at radius 2 is 2.50 bits per heavy atom. The van der Waals surface area contributed by atoms with Crippen LogP contribution in [0.3, 0.4) is 0 Å². The summed E-state index contributed by atoms with van der Waals surface area (Å²) in [5.74, 6) is 0.247. The summed E-state index contributed by atoms with van der Waals surface area (Å²) < 4.78 is 0. The van der Waals surface area contributed by atoms with Crippen LogP contribution in [-0.4, -0.2) is 30.4 Å². The summed E-state index contributed by atoms with van der Waals surface area (Å²) in [6.07, 6.45) is 1.58. The fourth-order valence-corrected chi connectivity index (χ4v) is 2.89. The van der Waals surface area contributed by atoms with E-state index in [1.54, 1.807) is 16.2 Å². The summed E-state index contributed by atoms with van der Waals surface area (Å²) in [7, 11) is 1.86. The van der Waals surface area contributed by atoms with Gasteiger partial charge < -0.3 is 10.2 Å². The number of nitrogens with one attached hydrogen (secondary N) is 1. The molecule has 16 heavy (non-hydrogen) atoms. The zero-order chi connectivity index (χ0) is 11.5. The van der Waals surface area contributed by atoms with Crippen LogP contribution in [0.15, 0.2) is 11.4 Å². The molecule has 2 heterocycles. The van der Waals surface area contributed by atoms with Gasteiger partial charge in [0.15, 0.2) is 0 Å². The van der Waals surface area contributed by atoms with Crippen LogP contribution in [0, 0.1) is 0 Å². The highest BCUT2D eigenvalue weighted by Gasteiger charge is 2.22. The van der Waals surface area contributed by atoms with E-state index < -0.39 is 0 Å². The van der Waals surface area contributed by atoms with Crippen LogP contribution in [0.2, 0.25) is 5.02 Å². The van der Waals surface area contributed by atoms with Crippen molar-refractivity contribution < 1.29 is 4.79 Å². The molecule has 1 unspecified atom stereocenters. The van der Waals surface area contributed by atoms with Crippen molar-refractivity contribution in [2.24, 2.45) is 0 Å². The van der Waals surface area contributed by atoms with Crippen LogP contribution in [0.25, 0.3) is 0 Å². The van der Waals surface area contributed by atoms with Crippen LogP contribution in [0.1, 0.15) is 17.7 Å². The minimum atomic E-state index is 0.247. The van der Waals surface area contributed by atoms with Crippen molar-refractivity contribution in [1.82, 2.24) is 10.2 Å². The largest absolute Gasteiger partial charge is 0.344 e. The molecule has 0 bridgehead atoms. The van der Waals surface area contributed by atoms with Crippen molar-refractivity contribution in [2.45, 2.75) is 25.4 Å². The minimum absolute atomic E-state index is 0.247. The van der Waals surface area contributed by atoms with E-state index in [0.29, 0.717) is 12.5 Å². The number of hydrogen-bond acceptors (Lipinski definition) is 3. The van der Waals surface area contributed by atoms with Gasteiger partial charge in [0.2, 0.25) is 5.91 Å². The third-order valence-corrected chi connectivity index (χ3v) is 4.10. The Balaban J connectivity index is 1.80. The second kappa shape index (κ2) is 5.17. The number of amides is 1. The number of carbonyl (C=O) groups excluding carboxylic acids is 1. The lowest BCUT2D eigenvalue weighted by Gasteiger charge is -2.30. The lowest BCUT2D eigenvalue weighted by molar-refractivity contribution is -0.132. The van der Waals surface area contributed by atoms with E-state index in [2.05, 4.69) is 5.32 Å². The molecular weight excluding hydrogens is 244 g/mol. The van der Waals surface area contributed by atoms with Gasteiger partial charge in [0.1, 0.15) is 0 Å².